The van der Waals surface area contributed by atoms with Gasteiger partial charge in [0.05, 0.1) is 13.7 Å². The molecule has 0 unspecified atom stereocenters. The minimum atomic E-state index is 0.764. The van der Waals surface area contributed by atoms with Crippen LogP contribution in [0.15, 0.2) is 35.8 Å². The molecule has 0 spiro atoms. The molecule has 0 saturated heterocycles. The standard InChI is InChI=1S/C16H28O2/c1-6-10-12-14(15(8-3)17-5)16(9-4)18-13-11-7-2/h8-9H,3,6-7,10-13H2,1-2,4-5H3/b15-14+,16-9+. The van der Waals surface area contributed by atoms with Gasteiger partial charge in [0.15, 0.2) is 0 Å². The Hall–Kier alpha value is -1.18. The fourth-order valence-corrected chi connectivity index (χ4v) is 1.72. The summed E-state index contributed by atoms with van der Waals surface area (Å²) < 4.78 is 11.2. The van der Waals surface area contributed by atoms with Crippen molar-refractivity contribution < 1.29 is 9.47 Å². The van der Waals surface area contributed by atoms with E-state index in [1.165, 1.54) is 0 Å². The second-order valence-corrected chi connectivity index (χ2v) is 4.21. The first-order valence-corrected chi connectivity index (χ1v) is 6.94. The summed E-state index contributed by atoms with van der Waals surface area (Å²) >= 11 is 0. The molecule has 0 atom stereocenters. The molecule has 0 aromatic rings. The third kappa shape index (κ3) is 5.95. The summed E-state index contributed by atoms with van der Waals surface area (Å²) in [5, 5.41) is 0. The molecule has 0 fully saturated rings. The number of methoxy groups -OCH3 is 1. The maximum atomic E-state index is 5.85. The molecule has 0 radical (unpaired) electrons. The molecule has 0 rings (SSSR count). The summed E-state index contributed by atoms with van der Waals surface area (Å²) in [6, 6.07) is 0. The second-order valence-electron chi connectivity index (χ2n) is 4.21. The molecule has 2 heteroatoms. The van der Waals surface area contributed by atoms with E-state index in [1.54, 1.807) is 13.2 Å². The van der Waals surface area contributed by atoms with Crippen LogP contribution in [0.2, 0.25) is 0 Å². The van der Waals surface area contributed by atoms with Crippen LogP contribution < -0.4 is 0 Å². The molecule has 0 aromatic carbocycles. The molecule has 0 N–H and O–H groups in total. The van der Waals surface area contributed by atoms with Gasteiger partial charge in [0.1, 0.15) is 11.5 Å². The maximum Gasteiger partial charge on any atom is 0.125 e. The maximum absolute atomic E-state index is 5.85. The zero-order chi connectivity index (χ0) is 13.8. The third-order valence-corrected chi connectivity index (χ3v) is 2.80. The molecule has 0 aliphatic carbocycles. The highest BCUT2D eigenvalue weighted by molar-refractivity contribution is 5.33. The predicted octanol–water partition coefficient (Wildman–Crippen LogP) is 4.98. The van der Waals surface area contributed by atoms with Gasteiger partial charge in [-0.1, -0.05) is 33.3 Å². The van der Waals surface area contributed by atoms with Crippen molar-refractivity contribution in [3.63, 3.8) is 0 Å². The SMILES string of the molecule is C=C/C(OC)=C(CCCC)\C(=C/C)OCCCC. The summed E-state index contributed by atoms with van der Waals surface area (Å²) in [6.07, 6.45) is 9.25. The number of unbranched alkanes of at least 4 members (excludes halogenated alkanes) is 2. The van der Waals surface area contributed by atoms with E-state index in [2.05, 4.69) is 20.4 Å². The lowest BCUT2D eigenvalue weighted by atomic mass is 10.0. The second kappa shape index (κ2) is 10.9. The monoisotopic (exact) mass is 252 g/mol. The van der Waals surface area contributed by atoms with Gasteiger partial charge in [-0.3, -0.25) is 0 Å². The molecular formula is C16H28O2. The van der Waals surface area contributed by atoms with E-state index in [-0.39, 0.29) is 0 Å². The molecule has 0 saturated carbocycles. The minimum absolute atomic E-state index is 0.764. The Morgan fingerprint density at radius 1 is 1.17 bits per heavy atom. The van der Waals surface area contributed by atoms with E-state index in [0.29, 0.717) is 0 Å². The van der Waals surface area contributed by atoms with Gasteiger partial charge in [0.25, 0.3) is 0 Å². The van der Waals surface area contributed by atoms with Crippen LogP contribution in [0.5, 0.6) is 0 Å². The first-order chi connectivity index (χ1) is 8.74. The minimum Gasteiger partial charge on any atom is -0.496 e. The van der Waals surface area contributed by atoms with Crippen LogP contribution in [0.4, 0.5) is 0 Å². The molecule has 2 nitrogen and oxygen atoms in total. The smallest absolute Gasteiger partial charge is 0.125 e. The van der Waals surface area contributed by atoms with Gasteiger partial charge in [-0.05, 0) is 38.3 Å². The van der Waals surface area contributed by atoms with Gasteiger partial charge in [-0.25, -0.2) is 0 Å². The van der Waals surface area contributed by atoms with Gasteiger partial charge in [0.2, 0.25) is 0 Å². The van der Waals surface area contributed by atoms with Crippen LogP contribution in [0.3, 0.4) is 0 Å². The Morgan fingerprint density at radius 2 is 1.83 bits per heavy atom. The Bertz CT molecular complexity index is 287. The van der Waals surface area contributed by atoms with Crippen LogP contribution in [0.1, 0.15) is 52.9 Å². The normalized spacial score (nSPS) is 13.0. The van der Waals surface area contributed by atoms with Crippen molar-refractivity contribution in [3.8, 4) is 0 Å². The average Bonchev–Trinajstić information content (AvgIpc) is 2.40. The topological polar surface area (TPSA) is 18.5 Å². The first kappa shape index (κ1) is 16.8. The lowest BCUT2D eigenvalue weighted by Crippen LogP contribution is -2.02. The molecule has 0 amide bonds. The predicted molar refractivity (Wildman–Crippen MR) is 78.4 cm³/mol. The highest BCUT2D eigenvalue weighted by Crippen LogP contribution is 2.23. The molecule has 18 heavy (non-hydrogen) atoms. The van der Waals surface area contributed by atoms with Crippen LogP contribution >= 0.6 is 0 Å². The number of allylic oxidation sites excluding steroid dienone is 3. The van der Waals surface area contributed by atoms with Crippen molar-refractivity contribution in [2.24, 2.45) is 0 Å². The average molecular weight is 252 g/mol. The molecular weight excluding hydrogens is 224 g/mol. The van der Waals surface area contributed by atoms with E-state index < -0.39 is 0 Å². The lowest BCUT2D eigenvalue weighted by Gasteiger charge is -2.16. The van der Waals surface area contributed by atoms with Crippen LogP contribution in [-0.2, 0) is 9.47 Å². The number of rotatable bonds is 10. The number of hydrogen-bond acceptors (Lipinski definition) is 2. The fraction of sp³-hybridized carbons (Fsp3) is 0.625. The van der Waals surface area contributed by atoms with Crippen molar-refractivity contribution in [2.45, 2.75) is 52.9 Å². The van der Waals surface area contributed by atoms with Crippen molar-refractivity contribution in [1.82, 2.24) is 0 Å². The van der Waals surface area contributed by atoms with Crippen molar-refractivity contribution in [3.05, 3.63) is 35.8 Å². The summed E-state index contributed by atoms with van der Waals surface area (Å²) in [5.74, 6) is 1.77. The summed E-state index contributed by atoms with van der Waals surface area (Å²) in [4.78, 5) is 0. The van der Waals surface area contributed by atoms with Crippen molar-refractivity contribution >= 4 is 0 Å². The molecule has 0 bridgehead atoms. The van der Waals surface area contributed by atoms with Gasteiger partial charge < -0.3 is 9.47 Å². The quantitative estimate of drug-likeness (QED) is 0.310. The molecule has 0 heterocycles. The zero-order valence-corrected chi connectivity index (χ0v) is 12.4. The van der Waals surface area contributed by atoms with Crippen LogP contribution in [0.25, 0.3) is 0 Å². The Balaban J connectivity index is 4.90. The highest BCUT2D eigenvalue weighted by Gasteiger charge is 2.11. The van der Waals surface area contributed by atoms with Crippen molar-refractivity contribution in [1.29, 1.82) is 0 Å². The number of hydrogen-bond donors (Lipinski definition) is 0. The molecule has 104 valence electrons. The van der Waals surface area contributed by atoms with Crippen molar-refractivity contribution in [2.75, 3.05) is 13.7 Å². The highest BCUT2D eigenvalue weighted by atomic mass is 16.5. The summed E-state index contributed by atoms with van der Waals surface area (Å²) in [5.41, 5.74) is 1.13. The van der Waals surface area contributed by atoms with Crippen LogP contribution in [0, 0.1) is 0 Å². The fourth-order valence-electron chi connectivity index (χ4n) is 1.72. The molecule has 0 aliphatic heterocycles. The Kier molecular flexibility index (Phi) is 10.2. The van der Waals surface area contributed by atoms with E-state index >= 15 is 0 Å². The lowest BCUT2D eigenvalue weighted by molar-refractivity contribution is 0.207. The number of ether oxygens (including phenoxy) is 2. The van der Waals surface area contributed by atoms with Gasteiger partial charge in [-0.15, -0.1) is 0 Å². The van der Waals surface area contributed by atoms with Gasteiger partial charge in [-0.2, -0.15) is 0 Å². The zero-order valence-electron chi connectivity index (χ0n) is 12.4. The van der Waals surface area contributed by atoms with Crippen LogP contribution in [-0.4, -0.2) is 13.7 Å². The van der Waals surface area contributed by atoms with Gasteiger partial charge >= 0.3 is 0 Å². The van der Waals surface area contributed by atoms with E-state index in [9.17, 15) is 0 Å². The Morgan fingerprint density at radius 3 is 2.28 bits per heavy atom. The van der Waals surface area contributed by atoms with E-state index in [4.69, 9.17) is 9.47 Å². The molecule has 0 aromatic heterocycles. The van der Waals surface area contributed by atoms with E-state index in [0.717, 1.165) is 55.8 Å². The molecule has 0 aliphatic rings. The largest absolute Gasteiger partial charge is 0.496 e. The van der Waals surface area contributed by atoms with Gasteiger partial charge in [0, 0.05) is 5.57 Å². The first-order valence-electron chi connectivity index (χ1n) is 6.94. The summed E-state index contributed by atoms with van der Waals surface area (Å²) in [7, 11) is 1.68. The third-order valence-electron chi connectivity index (χ3n) is 2.80. The Labute approximate surface area is 112 Å². The van der Waals surface area contributed by atoms with E-state index in [1.807, 2.05) is 13.0 Å². The summed E-state index contributed by atoms with van der Waals surface area (Å²) in [6.45, 7) is 10.9.